The number of aliphatic hydroxyl groups excluding tert-OH is 1. The summed E-state index contributed by atoms with van der Waals surface area (Å²) in [6, 6.07) is 7.78. The van der Waals surface area contributed by atoms with E-state index in [1.165, 1.54) is 0 Å². The fraction of sp³-hybridized carbons (Fsp3) is 0.588. The Morgan fingerprint density at radius 3 is 2.82 bits per heavy atom. The topological polar surface area (TPSA) is 52.6 Å². The molecule has 1 aromatic rings. The van der Waals surface area contributed by atoms with E-state index in [1.54, 1.807) is 0 Å². The minimum Gasteiger partial charge on any atom is -0.395 e. The number of carbonyl (C=O) groups is 1. The van der Waals surface area contributed by atoms with Gasteiger partial charge in [-0.2, -0.15) is 0 Å². The quantitative estimate of drug-likeness (QED) is 0.842. The molecule has 4 nitrogen and oxygen atoms in total. The van der Waals surface area contributed by atoms with Gasteiger partial charge in [0.05, 0.1) is 13.2 Å². The summed E-state index contributed by atoms with van der Waals surface area (Å²) in [4.78, 5) is 14.2. The molecular weight excluding hydrogens is 300 g/mol. The van der Waals surface area contributed by atoms with Crippen LogP contribution in [-0.2, 0) is 11.2 Å². The van der Waals surface area contributed by atoms with Crippen molar-refractivity contribution in [3.8, 4) is 0 Å². The van der Waals surface area contributed by atoms with E-state index in [2.05, 4.69) is 17.1 Å². The first-order chi connectivity index (χ1) is 10.6. The predicted octanol–water partition coefficient (Wildman–Crippen LogP) is 2.09. The van der Waals surface area contributed by atoms with Crippen molar-refractivity contribution in [2.24, 2.45) is 5.92 Å². The number of halogens is 1. The minimum atomic E-state index is 0.0292. The summed E-state index contributed by atoms with van der Waals surface area (Å²) in [7, 11) is 0. The third-order valence-corrected chi connectivity index (χ3v) is 4.67. The third-order valence-electron chi connectivity index (χ3n) is 4.41. The van der Waals surface area contributed by atoms with Gasteiger partial charge in [0.25, 0.3) is 0 Å². The molecule has 1 aromatic carbocycles. The van der Waals surface area contributed by atoms with Crippen LogP contribution >= 0.6 is 11.6 Å². The van der Waals surface area contributed by atoms with Crippen molar-refractivity contribution >= 4 is 17.5 Å². The predicted molar refractivity (Wildman–Crippen MR) is 89.0 cm³/mol. The van der Waals surface area contributed by atoms with E-state index in [9.17, 15) is 9.90 Å². The van der Waals surface area contributed by atoms with E-state index >= 15 is 0 Å². The first-order valence-electron chi connectivity index (χ1n) is 7.96. The van der Waals surface area contributed by atoms with Crippen molar-refractivity contribution in [3.63, 3.8) is 0 Å². The zero-order valence-corrected chi connectivity index (χ0v) is 13.9. The second kappa shape index (κ2) is 8.51. The number of amides is 1. The summed E-state index contributed by atoms with van der Waals surface area (Å²) in [5, 5.41) is 13.2. The molecule has 0 radical (unpaired) electrons. The lowest BCUT2D eigenvalue weighted by Gasteiger charge is -2.38. The molecular formula is C17H25ClN2O2. The van der Waals surface area contributed by atoms with E-state index in [-0.39, 0.29) is 18.6 Å². The molecule has 2 rings (SSSR count). The lowest BCUT2D eigenvalue weighted by Crippen LogP contribution is -2.50. The Kier molecular flexibility index (Phi) is 6.68. The number of hydrogen-bond acceptors (Lipinski definition) is 3. The number of likely N-dealkylation sites (tertiary alicyclic amines) is 1. The van der Waals surface area contributed by atoms with E-state index < -0.39 is 0 Å². The van der Waals surface area contributed by atoms with Crippen molar-refractivity contribution < 1.29 is 9.90 Å². The average Bonchev–Trinajstić information content (AvgIpc) is 2.49. The van der Waals surface area contributed by atoms with Gasteiger partial charge in [-0.15, -0.1) is 0 Å². The van der Waals surface area contributed by atoms with Crippen LogP contribution in [0.5, 0.6) is 0 Å². The number of nitrogens with one attached hydrogen (secondary N) is 1. The molecule has 0 aliphatic carbocycles. The molecule has 1 heterocycles. The number of piperidine rings is 1. The zero-order valence-electron chi connectivity index (χ0n) is 13.1. The van der Waals surface area contributed by atoms with Gasteiger partial charge >= 0.3 is 0 Å². The Hall–Kier alpha value is -1.10. The van der Waals surface area contributed by atoms with E-state index in [4.69, 9.17) is 11.6 Å². The molecule has 2 N–H and O–H groups in total. The molecule has 1 aliphatic heterocycles. The fourth-order valence-corrected chi connectivity index (χ4v) is 3.19. The Balaban J connectivity index is 1.74. The van der Waals surface area contributed by atoms with Gasteiger partial charge in [-0.1, -0.05) is 30.7 Å². The molecule has 0 saturated carbocycles. The maximum absolute atomic E-state index is 12.1. The van der Waals surface area contributed by atoms with Crippen molar-refractivity contribution in [3.05, 3.63) is 34.9 Å². The van der Waals surface area contributed by atoms with Crippen LogP contribution in [0.25, 0.3) is 0 Å². The molecule has 22 heavy (non-hydrogen) atoms. The molecule has 0 aromatic heterocycles. The highest BCUT2D eigenvalue weighted by Crippen LogP contribution is 2.22. The molecule has 0 bridgehead atoms. The van der Waals surface area contributed by atoms with Gasteiger partial charge in [-0.05, 0) is 49.4 Å². The summed E-state index contributed by atoms with van der Waals surface area (Å²) in [5.41, 5.74) is 1.16. The highest BCUT2D eigenvalue weighted by Gasteiger charge is 2.28. The van der Waals surface area contributed by atoms with Crippen LogP contribution in [0, 0.1) is 5.92 Å². The summed E-state index contributed by atoms with van der Waals surface area (Å²) in [5.74, 6) is 0.474. The van der Waals surface area contributed by atoms with Crippen LogP contribution in [0.15, 0.2) is 24.3 Å². The second-order valence-corrected chi connectivity index (χ2v) is 6.50. The molecule has 0 spiro atoms. The molecule has 1 saturated heterocycles. The molecule has 2 unspecified atom stereocenters. The van der Waals surface area contributed by atoms with Gasteiger partial charge in [0.2, 0.25) is 5.91 Å². The standard InChI is InChI=1S/C17H25ClN2O2/c1-13-3-2-10-20(16(13)12-21)11-17(22)19-9-8-14-4-6-15(18)7-5-14/h4-7,13,16,21H,2-3,8-12H2,1H3,(H,19,22). The number of rotatable bonds is 6. The first-order valence-corrected chi connectivity index (χ1v) is 8.34. The van der Waals surface area contributed by atoms with Crippen molar-refractivity contribution in [2.45, 2.75) is 32.2 Å². The van der Waals surface area contributed by atoms with Crippen LogP contribution in [0.1, 0.15) is 25.3 Å². The maximum atomic E-state index is 12.1. The molecule has 1 fully saturated rings. The van der Waals surface area contributed by atoms with Crippen LogP contribution in [0.3, 0.4) is 0 Å². The monoisotopic (exact) mass is 324 g/mol. The van der Waals surface area contributed by atoms with Crippen LogP contribution in [-0.4, -0.2) is 48.2 Å². The number of nitrogens with zero attached hydrogens (tertiary/aromatic N) is 1. The van der Waals surface area contributed by atoms with E-state index in [0.29, 0.717) is 19.0 Å². The van der Waals surface area contributed by atoms with E-state index in [0.717, 1.165) is 36.4 Å². The molecule has 2 atom stereocenters. The number of benzene rings is 1. The smallest absolute Gasteiger partial charge is 0.234 e. The van der Waals surface area contributed by atoms with Gasteiger partial charge in [-0.3, -0.25) is 9.69 Å². The normalized spacial score (nSPS) is 22.5. The largest absolute Gasteiger partial charge is 0.395 e. The number of aliphatic hydroxyl groups is 1. The van der Waals surface area contributed by atoms with Crippen LogP contribution in [0.2, 0.25) is 5.02 Å². The zero-order chi connectivity index (χ0) is 15.9. The van der Waals surface area contributed by atoms with Gasteiger partial charge in [0.1, 0.15) is 0 Å². The summed E-state index contributed by atoms with van der Waals surface area (Å²) in [6.45, 7) is 4.15. The van der Waals surface area contributed by atoms with Crippen LogP contribution in [0.4, 0.5) is 0 Å². The highest BCUT2D eigenvalue weighted by atomic mass is 35.5. The summed E-state index contributed by atoms with van der Waals surface area (Å²) < 4.78 is 0. The maximum Gasteiger partial charge on any atom is 0.234 e. The Morgan fingerprint density at radius 1 is 1.41 bits per heavy atom. The number of carbonyl (C=O) groups excluding carboxylic acids is 1. The van der Waals surface area contributed by atoms with Gasteiger partial charge in [0.15, 0.2) is 0 Å². The van der Waals surface area contributed by atoms with Crippen molar-refractivity contribution in [2.75, 3.05) is 26.2 Å². The van der Waals surface area contributed by atoms with Crippen molar-refractivity contribution in [1.29, 1.82) is 0 Å². The Labute approximate surface area is 137 Å². The van der Waals surface area contributed by atoms with Gasteiger partial charge in [-0.25, -0.2) is 0 Å². The third kappa shape index (κ3) is 4.97. The molecule has 122 valence electrons. The molecule has 5 heteroatoms. The lowest BCUT2D eigenvalue weighted by molar-refractivity contribution is -0.123. The first kappa shape index (κ1) is 17.3. The molecule has 1 amide bonds. The average molecular weight is 325 g/mol. The van der Waals surface area contributed by atoms with Crippen LogP contribution < -0.4 is 5.32 Å². The minimum absolute atomic E-state index is 0.0292. The summed E-state index contributed by atoms with van der Waals surface area (Å²) >= 11 is 5.85. The highest BCUT2D eigenvalue weighted by molar-refractivity contribution is 6.30. The fourth-order valence-electron chi connectivity index (χ4n) is 3.06. The SMILES string of the molecule is CC1CCCN(CC(=O)NCCc2ccc(Cl)cc2)C1CO. The summed E-state index contributed by atoms with van der Waals surface area (Å²) in [6.07, 6.45) is 3.01. The Bertz CT molecular complexity index is 478. The Morgan fingerprint density at radius 2 is 2.14 bits per heavy atom. The van der Waals surface area contributed by atoms with Gasteiger partial charge in [0, 0.05) is 17.6 Å². The lowest BCUT2D eigenvalue weighted by atomic mass is 9.91. The van der Waals surface area contributed by atoms with Crippen molar-refractivity contribution in [1.82, 2.24) is 10.2 Å². The number of hydrogen-bond donors (Lipinski definition) is 2. The second-order valence-electron chi connectivity index (χ2n) is 6.07. The van der Waals surface area contributed by atoms with Gasteiger partial charge < -0.3 is 10.4 Å². The van der Waals surface area contributed by atoms with E-state index in [1.807, 2.05) is 24.3 Å². The molecule has 1 aliphatic rings.